The SMILES string of the molecule is CCCCCCCCCCCCCCCCCS(=O)(=O)OCc1ccccc1. The topological polar surface area (TPSA) is 43.4 Å². The molecule has 0 aliphatic carbocycles. The van der Waals surface area contributed by atoms with E-state index in [1.807, 2.05) is 30.3 Å². The molecular weight excluding hydrogens is 368 g/mol. The maximum Gasteiger partial charge on any atom is 0.267 e. The van der Waals surface area contributed by atoms with Gasteiger partial charge in [0.15, 0.2) is 0 Å². The van der Waals surface area contributed by atoms with Crippen LogP contribution in [0.4, 0.5) is 0 Å². The highest BCUT2D eigenvalue weighted by Gasteiger charge is 2.10. The standard InChI is InChI=1S/C24H42O3S/c1-2-3-4-5-6-7-8-9-10-11-12-13-14-15-19-22-28(25,26)27-23-24-20-17-16-18-21-24/h16-18,20-21H,2-15,19,22-23H2,1H3. The van der Waals surface area contributed by atoms with Crippen molar-refractivity contribution >= 4 is 10.1 Å². The highest BCUT2D eigenvalue weighted by atomic mass is 32.2. The predicted molar refractivity (Wildman–Crippen MR) is 120 cm³/mol. The van der Waals surface area contributed by atoms with E-state index >= 15 is 0 Å². The van der Waals surface area contributed by atoms with Gasteiger partial charge in [-0.1, -0.05) is 127 Å². The molecule has 0 spiro atoms. The summed E-state index contributed by atoms with van der Waals surface area (Å²) >= 11 is 0. The molecule has 162 valence electrons. The monoisotopic (exact) mass is 410 g/mol. The van der Waals surface area contributed by atoms with Crippen LogP contribution in [-0.4, -0.2) is 14.2 Å². The van der Waals surface area contributed by atoms with Crippen molar-refractivity contribution in [1.82, 2.24) is 0 Å². The Morgan fingerprint density at radius 3 is 1.54 bits per heavy atom. The Labute approximate surface area is 174 Å². The fraction of sp³-hybridized carbons (Fsp3) is 0.750. The van der Waals surface area contributed by atoms with Gasteiger partial charge < -0.3 is 0 Å². The summed E-state index contributed by atoms with van der Waals surface area (Å²) in [7, 11) is -3.40. The molecule has 0 aliphatic heterocycles. The van der Waals surface area contributed by atoms with Crippen molar-refractivity contribution in [3.05, 3.63) is 35.9 Å². The molecule has 0 fully saturated rings. The van der Waals surface area contributed by atoms with Crippen LogP contribution < -0.4 is 0 Å². The van der Waals surface area contributed by atoms with Crippen molar-refractivity contribution in [1.29, 1.82) is 0 Å². The molecule has 1 rings (SSSR count). The highest BCUT2D eigenvalue weighted by molar-refractivity contribution is 7.86. The van der Waals surface area contributed by atoms with E-state index in [2.05, 4.69) is 6.92 Å². The fourth-order valence-corrected chi connectivity index (χ4v) is 4.43. The van der Waals surface area contributed by atoms with Gasteiger partial charge in [-0.15, -0.1) is 0 Å². The maximum absolute atomic E-state index is 11.9. The van der Waals surface area contributed by atoms with E-state index in [0.717, 1.165) is 18.4 Å². The molecule has 1 aromatic rings. The quantitative estimate of drug-likeness (QED) is 0.176. The van der Waals surface area contributed by atoms with E-state index < -0.39 is 10.1 Å². The Balaban J connectivity index is 1.85. The van der Waals surface area contributed by atoms with Crippen LogP contribution in [-0.2, 0) is 20.9 Å². The van der Waals surface area contributed by atoms with E-state index in [-0.39, 0.29) is 12.4 Å². The molecule has 0 saturated heterocycles. The second-order valence-electron chi connectivity index (χ2n) is 7.96. The second kappa shape index (κ2) is 17.0. The van der Waals surface area contributed by atoms with E-state index in [1.165, 1.54) is 77.0 Å². The largest absolute Gasteiger partial charge is 0.267 e. The van der Waals surface area contributed by atoms with Crippen LogP contribution in [0.3, 0.4) is 0 Å². The highest BCUT2D eigenvalue weighted by Crippen LogP contribution is 2.14. The third kappa shape index (κ3) is 15.1. The molecule has 0 saturated carbocycles. The van der Waals surface area contributed by atoms with Gasteiger partial charge in [0.1, 0.15) is 0 Å². The van der Waals surface area contributed by atoms with Crippen LogP contribution >= 0.6 is 0 Å². The summed E-state index contributed by atoms with van der Waals surface area (Å²) in [6.45, 7) is 2.41. The van der Waals surface area contributed by atoms with Crippen molar-refractivity contribution < 1.29 is 12.6 Å². The molecule has 0 amide bonds. The Bertz CT molecular complexity index is 554. The maximum atomic E-state index is 11.9. The summed E-state index contributed by atoms with van der Waals surface area (Å²) in [6, 6.07) is 9.44. The second-order valence-corrected chi connectivity index (χ2v) is 9.72. The molecule has 0 unspecified atom stereocenters. The molecule has 0 aliphatic rings. The van der Waals surface area contributed by atoms with Gasteiger partial charge in [0, 0.05) is 0 Å². The Morgan fingerprint density at radius 1 is 0.643 bits per heavy atom. The van der Waals surface area contributed by atoms with Gasteiger partial charge in [-0.05, 0) is 12.0 Å². The molecule has 0 aromatic heterocycles. The number of unbranched alkanes of at least 4 members (excludes halogenated alkanes) is 14. The number of hydrogen-bond donors (Lipinski definition) is 0. The molecule has 0 heterocycles. The lowest BCUT2D eigenvalue weighted by atomic mass is 10.0. The zero-order valence-electron chi connectivity index (χ0n) is 18.0. The average Bonchev–Trinajstić information content (AvgIpc) is 2.70. The lowest BCUT2D eigenvalue weighted by molar-refractivity contribution is 0.307. The summed E-state index contributed by atoms with van der Waals surface area (Å²) in [4.78, 5) is 0. The Morgan fingerprint density at radius 2 is 1.07 bits per heavy atom. The molecule has 0 radical (unpaired) electrons. The first-order valence-corrected chi connectivity index (χ1v) is 13.1. The first-order chi connectivity index (χ1) is 13.6. The molecule has 3 nitrogen and oxygen atoms in total. The van der Waals surface area contributed by atoms with Crippen LogP contribution in [0, 0.1) is 0 Å². The van der Waals surface area contributed by atoms with Crippen molar-refractivity contribution in [2.24, 2.45) is 0 Å². The van der Waals surface area contributed by atoms with E-state index in [9.17, 15) is 8.42 Å². The van der Waals surface area contributed by atoms with Crippen LogP contribution in [0.5, 0.6) is 0 Å². The van der Waals surface area contributed by atoms with Crippen molar-refractivity contribution in [3.8, 4) is 0 Å². The van der Waals surface area contributed by atoms with Gasteiger partial charge in [-0.2, -0.15) is 8.42 Å². The van der Waals surface area contributed by atoms with Gasteiger partial charge in [0.25, 0.3) is 10.1 Å². The van der Waals surface area contributed by atoms with E-state index in [4.69, 9.17) is 4.18 Å². The van der Waals surface area contributed by atoms with Gasteiger partial charge in [-0.3, -0.25) is 4.18 Å². The van der Waals surface area contributed by atoms with Crippen LogP contribution in [0.2, 0.25) is 0 Å². The fourth-order valence-electron chi connectivity index (χ4n) is 3.44. The van der Waals surface area contributed by atoms with Gasteiger partial charge >= 0.3 is 0 Å². The minimum Gasteiger partial charge on any atom is -0.265 e. The molecule has 0 atom stereocenters. The summed E-state index contributed by atoms with van der Waals surface area (Å²) in [6.07, 6.45) is 19.2. The third-order valence-electron chi connectivity index (χ3n) is 5.25. The summed E-state index contributed by atoms with van der Waals surface area (Å²) in [5.74, 6) is 0.137. The van der Waals surface area contributed by atoms with Gasteiger partial charge in [0.2, 0.25) is 0 Å². The van der Waals surface area contributed by atoms with E-state index in [0.29, 0.717) is 6.42 Å². The first-order valence-electron chi connectivity index (χ1n) is 11.5. The Hall–Kier alpha value is -0.870. The Kier molecular flexibility index (Phi) is 15.3. The third-order valence-corrected chi connectivity index (χ3v) is 6.51. The normalized spacial score (nSPS) is 11.8. The van der Waals surface area contributed by atoms with Crippen molar-refractivity contribution in [2.75, 3.05) is 5.75 Å². The van der Waals surface area contributed by atoms with Crippen molar-refractivity contribution in [2.45, 2.75) is 110 Å². The van der Waals surface area contributed by atoms with E-state index in [1.54, 1.807) is 0 Å². The average molecular weight is 411 g/mol. The van der Waals surface area contributed by atoms with Crippen LogP contribution in [0.1, 0.15) is 109 Å². The van der Waals surface area contributed by atoms with Gasteiger partial charge in [-0.25, -0.2) is 0 Å². The summed E-state index contributed by atoms with van der Waals surface area (Å²) in [5.41, 5.74) is 0.891. The molecule has 0 N–H and O–H groups in total. The number of benzene rings is 1. The lowest BCUT2D eigenvalue weighted by Gasteiger charge is -2.06. The summed E-state index contributed by atoms with van der Waals surface area (Å²) in [5, 5.41) is 0. The number of rotatable bonds is 19. The summed E-state index contributed by atoms with van der Waals surface area (Å²) < 4.78 is 28.9. The molecule has 0 bridgehead atoms. The van der Waals surface area contributed by atoms with Crippen LogP contribution in [0.15, 0.2) is 30.3 Å². The predicted octanol–water partition coefficient (Wildman–Crippen LogP) is 7.40. The lowest BCUT2D eigenvalue weighted by Crippen LogP contribution is -2.10. The van der Waals surface area contributed by atoms with Gasteiger partial charge in [0.05, 0.1) is 12.4 Å². The number of hydrogen-bond acceptors (Lipinski definition) is 3. The zero-order chi connectivity index (χ0) is 20.3. The molecule has 1 aromatic carbocycles. The smallest absolute Gasteiger partial charge is 0.265 e. The van der Waals surface area contributed by atoms with Crippen molar-refractivity contribution in [3.63, 3.8) is 0 Å². The zero-order valence-corrected chi connectivity index (χ0v) is 18.9. The van der Waals surface area contributed by atoms with Crippen LogP contribution in [0.25, 0.3) is 0 Å². The first kappa shape index (κ1) is 25.2. The minimum atomic E-state index is -3.40. The molecule has 4 heteroatoms. The minimum absolute atomic E-state index is 0.137. The molecular formula is C24H42O3S. The molecule has 28 heavy (non-hydrogen) atoms.